The minimum absolute atomic E-state index is 0.00748. The van der Waals surface area contributed by atoms with Crippen LogP contribution < -0.4 is 0 Å². The van der Waals surface area contributed by atoms with Crippen molar-refractivity contribution in [3.8, 4) is 0 Å². The summed E-state index contributed by atoms with van der Waals surface area (Å²) in [6.07, 6.45) is 0. The second-order valence-electron chi connectivity index (χ2n) is 3.13. The van der Waals surface area contributed by atoms with Crippen molar-refractivity contribution in [1.29, 1.82) is 0 Å². The molecule has 0 bridgehead atoms. The number of hydrogen-bond donors (Lipinski definition) is 1. The van der Waals surface area contributed by atoms with Gasteiger partial charge in [-0.2, -0.15) is 0 Å². The second-order valence-corrected chi connectivity index (χ2v) is 4.18. The molecule has 86 valence electrons. The van der Waals surface area contributed by atoms with Gasteiger partial charge in [-0.3, -0.25) is 0 Å². The topological polar surface area (TPSA) is 58.9 Å². The van der Waals surface area contributed by atoms with Crippen molar-refractivity contribution in [2.45, 2.75) is 11.8 Å². The normalized spacial score (nSPS) is 11.2. The van der Waals surface area contributed by atoms with Crippen molar-refractivity contribution in [1.82, 2.24) is 0 Å². The van der Waals surface area contributed by atoms with Crippen LogP contribution in [0.5, 0.6) is 0 Å². The quantitative estimate of drug-likeness (QED) is 0.486. The van der Waals surface area contributed by atoms with E-state index in [2.05, 4.69) is 9.99 Å². The van der Waals surface area contributed by atoms with Gasteiger partial charge in [0.15, 0.2) is 5.71 Å². The molecule has 4 nitrogen and oxygen atoms in total. The maximum absolute atomic E-state index is 10.7. The third kappa shape index (κ3) is 3.94. The van der Waals surface area contributed by atoms with Gasteiger partial charge in [-0.15, -0.1) is 11.8 Å². The monoisotopic (exact) mass is 239 g/mol. The van der Waals surface area contributed by atoms with E-state index in [-0.39, 0.29) is 11.5 Å². The molecule has 0 fully saturated rings. The Morgan fingerprint density at radius 1 is 1.44 bits per heavy atom. The largest absolute Gasteiger partial charge is 0.477 e. The lowest BCUT2D eigenvalue weighted by molar-refractivity contribution is -0.129. The number of hydrogen-bond acceptors (Lipinski definition) is 4. The van der Waals surface area contributed by atoms with Crippen LogP contribution in [0.2, 0.25) is 0 Å². The Bertz CT molecular complexity index is 387. The Labute approximate surface area is 98.3 Å². The molecule has 1 rings (SSSR count). The van der Waals surface area contributed by atoms with Crippen molar-refractivity contribution in [2.75, 3.05) is 12.9 Å². The summed E-state index contributed by atoms with van der Waals surface area (Å²) in [5.74, 6) is -0.770. The molecule has 0 saturated carbocycles. The Hall–Kier alpha value is -1.49. The van der Waals surface area contributed by atoms with Crippen molar-refractivity contribution in [3.63, 3.8) is 0 Å². The van der Waals surface area contributed by atoms with Gasteiger partial charge in [-0.05, 0) is 19.1 Å². The zero-order valence-corrected chi connectivity index (χ0v) is 9.95. The number of thioether (sulfide) groups is 1. The first-order chi connectivity index (χ1) is 7.63. The highest BCUT2D eigenvalue weighted by Crippen LogP contribution is 2.18. The number of aryl methyl sites for hydroxylation is 1. The highest BCUT2D eigenvalue weighted by molar-refractivity contribution is 8.00. The van der Waals surface area contributed by atoms with Crippen LogP contribution in [0.25, 0.3) is 0 Å². The van der Waals surface area contributed by atoms with E-state index in [1.165, 1.54) is 24.4 Å². The van der Waals surface area contributed by atoms with Crippen molar-refractivity contribution < 1.29 is 14.7 Å². The summed E-state index contributed by atoms with van der Waals surface area (Å²) >= 11 is 1.41. The summed E-state index contributed by atoms with van der Waals surface area (Å²) in [6, 6.07) is 7.87. The first-order valence-electron chi connectivity index (χ1n) is 4.66. The standard InChI is InChI=1S/C11H13NO3S/c1-8-3-5-9(6-4-8)16-7-10(11(13)14)12-15-2/h3-6H,7H2,1-2H3,(H,13,14). The number of carboxylic acids is 1. The lowest BCUT2D eigenvalue weighted by atomic mass is 10.2. The van der Waals surface area contributed by atoms with Crippen molar-refractivity contribution in [2.24, 2.45) is 5.16 Å². The van der Waals surface area contributed by atoms with E-state index in [1.54, 1.807) is 0 Å². The average molecular weight is 239 g/mol. The van der Waals surface area contributed by atoms with Crippen LogP contribution in [-0.4, -0.2) is 29.7 Å². The molecule has 0 heterocycles. The van der Waals surface area contributed by atoms with E-state index in [0.29, 0.717) is 0 Å². The van der Waals surface area contributed by atoms with Crippen LogP contribution in [0.4, 0.5) is 0 Å². The molecule has 0 aliphatic heterocycles. The summed E-state index contributed by atoms with van der Waals surface area (Å²) in [5, 5.41) is 12.3. The zero-order valence-electron chi connectivity index (χ0n) is 9.14. The molecule has 0 amide bonds. The number of nitrogens with zero attached hydrogens (tertiary/aromatic N) is 1. The first-order valence-corrected chi connectivity index (χ1v) is 5.65. The molecule has 0 aliphatic rings. The molecule has 16 heavy (non-hydrogen) atoms. The Morgan fingerprint density at radius 2 is 2.06 bits per heavy atom. The molecule has 1 N–H and O–H groups in total. The Morgan fingerprint density at radius 3 is 2.56 bits per heavy atom. The van der Waals surface area contributed by atoms with Crippen LogP contribution in [0.1, 0.15) is 5.56 Å². The summed E-state index contributed by atoms with van der Waals surface area (Å²) in [6.45, 7) is 2.00. The number of rotatable bonds is 5. The SMILES string of the molecule is CON=C(CSc1ccc(C)cc1)C(=O)O. The van der Waals surface area contributed by atoms with E-state index >= 15 is 0 Å². The van der Waals surface area contributed by atoms with Crippen LogP contribution in [0, 0.1) is 6.92 Å². The fourth-order valence-electron chi connectivity index (χ4n) is 1.02. The number of aliphatic carboxylic acids is 1. The van der Waals surface area contributed by atoms with Crippen molar-refractivity contribution in [3.05, 3.63) is 29.8 Å². The molecule has 1 aromatic rings. The fourth-order valence-corrected chi connectivity index (χ4v) is 1.83. The summed E-state index contributed by atoms with van der Waals surface area (Å²) < 4.78 is 0. The van der Waals surface area contributed by atoms with E-state index in [1.807, 2.05) is 31.2 Å². The van der Waals surface area contributed by atoms with Crippen LogP contribution in [-0.2, 0) is 9.63 Å². The highest BCUT2D eigenvalue weighted by Gasteiger charge is 2.10. The second kappa shape index (κ2) is 6.17. The van der Waals surface area contributed by atoms with Gasteiger partial charge in [0.2, 0.25) is 0 Å². The minimum atomic E-state index is -1.05. The molecular weight excluding hydrogens is 226 g/mol. The molecule has 0 unspecified atom stereocenters. The number of carboxylic acid groups (broad SMARTS) is 1. The van der Waals surface area contributed by atoms with Gasteiger partial charge in [-0.1, -0.05) is 22.9 Å². The van der Waals surface area contributed by atoms with Crippen LogP contribution >= 0.6 is 11.8 Å². The molecule has 0 atom stereocenters. The predicted molar refractivity (Wildman–Crippen MR) is 64.0 cm³/mol. The van der Waals surface area contributed by atoms with E-state index < -0.39 is 5.97 Å². The van der Waals surface area contributed by atoms with Crippen LogP contribution in [0.15, 0.2) is 34.3 Å². The van der Waals surface area contributed by atoms with Gasteiger partial charge in [0, 0.05) is 4.90 Å². The number of oxime groups is 1. The van der Waals surface area contributed by atoms with E-state index in [0.717, 1.165) is 4.90 Å². The molecule has 0 spiro atoms. The van der Waals surface area contributed by atoms with Gasteiger partial charge in [0.05, 0.1) is 5.75 Å². The summed E-state index contributed by atoms with van der Waals surface area (Å²) in [7, 11) is 1.33. The minimum Gasteiger partial charge on any atom is -0.477 e. The van der Waals surface area contributed by atoms with Gasteiger partial charge in [0.1, 0.15) is 7.11 Å². The zero-order chi connectivity index (χ0) is 12.0. The van der Waals surface area contributed by atoms with Gasteiger partial charge in [0.25, 0.3) is 0 Å². The summed E-state index contributed by atoms with van der Waals surface area (Å²) in [4.78, 5) is 16.2. The van der Waals surface area contributed by atoms with Gasteiger partial charge in [-0.25, -0.2) is 4.79 Å². The lowest BCUT2D eigenvalue weighted by Crippen LogP contribution is -2.15. The van der Waals surface area contributed by atoms with Gasteiger partial charge >= 0.3 is 5.97 Å². The Balaban J connectivity index is 2.59. The summed E-state index contributed by atoms with van der Waals surface area (Å²) in [5.41, 5.74) is 1.18. The van der Waals surface area contributed by atoms with E-state index in [4.69, 9.17) is 5.11 Å². The third-order valence-electron chi connectivity index (χ3n) is 1.84. The average Bonchev–Trinajstić information content (AvgIpc) is 2.26. The maximum atomic E-state index is 10.7. The first kappa shape index (κ1) is 12.6. The molecule has 0 saturated heterocycles. The maximum Gasteiger partial charge on any atom is 0.354 e. The number of carbonyl (C=O) groups is 1. The molecule has 0 aliphatic carbocycles. The lowest BCUT2D eigenvalue weighted by Gasteiger charge is -2.01. The van der Waals surface area contributed by atoms with Crippen molar-refractivity contribution >= 4 is 23.4 Å². The third-order valence-corrected chi connectivity index (χ3v) is 2.87. The smallest absolute Gasteiger partial charge is 0.354 e. The van der Waals surface area contributed by atoms with Gasteiger partial charge < -0.3 is 9.94 Å². The molecule has 1 aromatic carbocycles. The molecule has 0 radical (unpaired) electrons. The molecule has 5 heteroatoms. The highest BCUT2D eigenvalue weighted by atomic mass is 32.2. The predicted octanol–water partition coefficient (Wildman–Crippen LogP) is 2.17. The van der Waals surface area contributed by atoms with E-state index in [9.17, 15) is 4.79 Å². The Kier molecular flexibility index (Phi) is 4.85. The van der Waals surface area contributed by atoms with Crippen LogP contribution in [0.3, 0.4) is 0 Å². The fraction of sp³-hybridized carbons (Fsp3) is 0.273. The molecular formula is C11H13NO3S. The number of benzene rings is 1. The molecule has 0 aromatic heterocycles.